The van der Waals surface area contributed by atoms with Gasteiger partial charge in [-0.2, -0.15) is 0 Å². The summed E-state index contributed by atoms with van der Waals surface area (Å²) >= 11 is 3.48. The molecule has 1 aliphatic heterocycles. The van der Waals surface area contributed by atoms with Gasteiger partial charge in [-0.3, -0.25) is 4.79 Å². The molecule has 0 spiro atoms. The van der Waals surface area contributed by atoms with E-state index < -0.39 is 11.2 Å². The molecule has 0 unspecified atom stereocenters. The summed E-state index contributed by atoms with van der Waals surface area (Å²) in [5, 5.41) is 12.1. The van der Waals surface area contributed by atoms with Gasteiger partial charge in [-0.15, -0.1) is 0 Å². The van der Waals surface area contributed by atoms with Crippen molar-refractivity contribution in [3.63, 3.8) is 0 Å². The lowest BCUT2D eigenvalue weighted by Crippen LogP contribution is -2.50. The fourth-order valence-corrected chi connectivity index (χ4v) is 5.22. The summed E-state index contributed by atoms with van der Waals surface area (Å²) in [6, 6.07) is 22.8. The van der Waals surface area contributed by atoms with E-state index in [9.17, 15) is 9.90 Å². The molecule has 5 rings (SSSR count). The maximum atomic E-state index is 13.4. The zero-order valence-corrected chi connectivity index (χ0v) is 18.1. The maximum absolute atomic E-state index is 13.4. The zero-order chi connectivity index (χ0) is 20.9. The Balaban J connectivity index is 1.77. The van der Waals surface area contributed by atoms with Crippen LogP contribution in [-0.4, -0.2) is 17.5 Å². The van der Waals surface area contributed by atoms with Crippen molar-refractivity contribution < 1.29 is 19.4 Å². The molecule has 3 aromatic rings. The molecule has 3 atom stereocenters. The van der Waals surface area contributed by atoms with Crippen LogP contribution in [0.25, 0.3) is 0 Å². The van der Waals surface area contributed by atoms with E-state index in [0.717, 1.165) is 15.6 Å². The second-order valence-electron chi connectivity index (χ2n) is 7.74. The summed E-state index contributed by atoms with van der Waals surface area (Å²) in [5.41, 5.74) is -0.803. The molecular weight excluding hydrogens is 444 g/mol. The van der Waals surface area contributed by atoms with Crippen LogP contribution in [0.15, 0.2) is 77.3 Å². The Morgan fingerprint density at radius 2 is 1.83 bits per heavy atom. The summed E-state index contributed by atoms with van der Waals surface area (Å²) in [6.45, 7) is 2.43. The molecule has 4 nitrogen and oxygen atoms in total. The van der Waals surface area contributed by atoms with Gasteiger partial charge < -0.3 is 14.6 Å². The molecule has 2 aliphatic rings. The third kappa shape index (κ3) is 2.52. The number of carbonyl (C=O) groups is 1. The van der Waals surface area contributed by atoms with E-state index in [2.05, 4.69) is 15.9 Å². The van der Waals surface area contributed by atoms with Crippen LogP contribution in [0.2, 0.25) is 0 Å². The number of ether oxygens (including phenoxy) is 2. The first-order valence-corrected chi connectivity index (χ1v) is 10.8. The van der Waals surface area contributed by atoms with E-state index in [1.807, 2.05) is 61.5 Å². The van der Waals surface area contributed by atoms with Crippen molar-refractivity contribution in [2.75, 3.05) is 6.61 Å². The number of hydrogen-bond donors (Lipinski definition) is 1. The van der Waals surface area contributed by atoms with E-state index in [-0.39, 0.29) is 18.1 Å². The van der Waals surface area contributed by atoms with E-state index >= 15 is 0 Å². The van der Waals surface area contributed by atoms with Crippen LogP contribution >= 0.6 is 15.9 Å². The van der Waals surface area contributed by atoms with Gasteiger partial charge in [-0.05, 0) is 42.3 Å². The smallest absolute Gasteiger partial charge is 0.196 e. The predicted octanol–water partition coefficient (Wildman–Crippen LogP) is 5.08. The highest BCUT2D eigenvalue weighted by atomic mass is 79.9. The molecule has 1 aliphatic carbocycles. The van der Waals surface area contributed by atoms with Crippen LogP contribution < -0.4 is 9.47 Å². The van der Waals surface area contributed by atoms with Crippen molar-refractivity contribution in [2.45, 2.75) is 30.5 Å². The number of hydrogen-bond acceptors (Lipinski definition) is 4. The fraction of sp³-hybridized carbons (Fsp3) is 0.240. The normalized spacial score (nSPS) is 26.8. The van der Waals surface area contributed by atoms with E-state index in [4.69, 9.17) is 9.47 Å². The number of halogens is 1. The molecule has 1 N–H and O–H groups in total. The number of fused-ring (bicyclic) bond motifs is 3. The number of carbonyl (C=O) groups excluding carboxylic acids is 1. The van der Waals surface area contributed by atoms with E-state index in [1.165, 1.54) is 0 Å². The number of rotatable bonds is 4. The third-order valence-corrected chi connectivity index (χ3v) is 6.75. The van der Waals surface area contributed by atoms with E-state index in [0.29, 0.717) is 23.7 Å². The zero-order valence-electron chi connectivity index (χ0n) is 16.5. The highest BCUT2D eigenvalue weighted by Crippen LogP contribution is 2.65. The molecular formula is C25H21BrO4. The van der Waals surface area contributed by atoms with Gasteiger partial charge in [0.05, 0.1) is 6.61 Å². The second-order valence-corrected chi connectivity index (χ2v) is 8.65. The van der Waals surface area contributed by atoms with Crippen LogP contribution in [0.5, 0.6) is 11.5 Å². The van der Waals surface area contributed by atoms with Crippen LogP contribution in [0.3, 0.4) is 0 Å². The minimum Gasteiger partial charge on any atom is -0.494 e. The molecule has 0 aromatic heterocycles. The SMILES string of the molecule is CCOc1ccc2c(c1)O[C@@]1(c3ccc(Br)cc3)[C@H](c3ccccc3)CC(=O)[C@@]21O. The van der Waals surface area contributed by atoms with Gasteiger partial charge in [0.2, 0.25) is 0 Å². The molecule has 1 fully saturated rings. The van der Waals surface area contributed by atoms with Gasteiger partial charge in [0.1, 0.15) is 11.5 Å². The second kappa shape index (κ2) is 6.96. The molecule has 1 saturated carbocycles. The van der Waals surface area contributed by atoms with Crippen molar-refractivity contribution in [3.05, 3.63) is 94.0 Å². The average Bonchev–Trinajstić information content (AvgIpc) is 3.15. The Hall–Kier alpha value is -2.63. The molecule has 30 heavy (non-hydrogen) atoms. The molecule has 5 heteroatoms. The Bertz CT molecular complexity index is 1110. The van der Waals surface area contributed by atoms with Gasteiger partial charge in [-0.25, -0.2) is 0 Å². The number of ketones is 1. The Morgan fingerprint density at radius 3 is 2.53 bits per heavy atom. The van der Waals surface area contributed by atoms with Gasteiger partial charge in [0, 0.05) is 28.4 Å². The van der Waals surface area contributed by atoms with Gasteiger partial charge in [0.15, 0.2) is 17.0 Å². The lowest BCUT2D eigenvalue weighted by Gasteiger charge is -2.39. The molecule has 0 saturated heterocycles. The van der Waals surface area contributed by atoms with Crippen molar-refractivity contribution >= 4 is 21.7 Å². The lowest BCUT2D eigenvalue weighted by atomic mass is 9.71. The van der Waals surface area contributed by atoms with Crippen LogP contribution in [0.1, 0.15) is 36.0 Å². The van der Waals surface area contributed by atoms with E-state index in [1.54, 1.807) is 18.2 Å². The van der Waals surface area contributed by atoms with Crippen LogP contribution in [0, 0.1) is 0 Å². The Kier molecular flexibility index (Phi) is 4.49. The molecule has 1 heterocycles. The minimum absolute atomic E-state index is 0.198. The first-order chi connectivity index (χ1) is 14.5. The topological polar surface area (TPSA) is 55.8 Å². The summed E-state index contributed by atoms with van der Waals surface area (Å²) in [5.74, 6) is 0.567. The third-order valence-electron chi connectivity index (χ3n) is 6.22. The van der Waals surface area contributed by atoms with Crippen molar-refractivity contribution in [3.8, 4) is 11.5 Å². The largest absolute Gasteiger partial charge is 0.494 e. The Morgan fingerprint density at radius 1 is 1.10 bits per heavy atom. The van der Waals surface area contributed by atoms with Crippen molar-refractivity contribution in [1.29, 1.82) is 0 Å². The quantitative estimate of drug-likeness (QED) is 0.584. The average molecular weight is 465 g/mol. The molecule has 0 radical (unpaired) electrons. The summed E-state index contributed by atoms with van der Waals surface area (Å²) < 4.78 is 13.1. The predicted molar refractivity (Wildman–Crippen MR) is 117 cm³/mol. The van der Waals surface area contributed by atoms with Crippen molar-refractivity contribution in [1.82, 2.24) is 0 Å². The first-order valence-electron chi connectivity index (χ1n) is 10.0. The summed E-state index contributed by atoms with van der Waals surface area (Å²) in [7, 11) is 0. The van der Waals surface area contributed by atoms with Crippen LogP contribution in [-0.2, 0) is 16.0 Å². The van der Waals surface area contributed by atoms with Gasteiger partial charge >= 0.3 is 0 Å². The van der Waals surface area contributed by atoms with Crippen molar-refractivity contribution in [2.24, 2.45) is 0 Å². The monoisotopic (exact) mass is 464 g/mol. The number of aliphatic hydroxyl groups is 1. The lowest BCUT2D eigenvalue weighted by molar-refractivity contribution is -0.151. The highest BCUT2D eigenvalue weighted by Gasteiger charge is 2.73. The molecule has 3 aromatic carbocycles. The fourth-order valence-electron chi connectivity index (χ4n) is 4.95. The summed E-state index contributed by atoms with van der Waals surface area (Å²) in [6.07, 6.45) is 0.198. The summed E-state index contributed by atoms with van der Waals surface area (Å²) in [4.78, 5) is 13.4. The highest BCUT2D eigenvalue weighted by molar-refractivity contribution is 9.10. The number of Topliss-reactive ketones (excluding diaryl/α,β-unsaturated/α-hetero) is 1. The standard InChI is InChI=1S/C25H21BrO4/c1-2-29-19-12-13-20-22(14-19)30-25(17-8-10-18(26)11-9-17)21(15-23(27)24(20,25)28)16-6-4-3-5-7-16/h3-14,21,28H,2,15H2,1H3/t21-,24-,25-/m0/s1. The maximum Gasteiger partial charge on any atom is 0.196 e. The first kappa shape index (κ1) is 19.3. The minimum atomic E-state index is -1.78. The van der Waals surface area contributed by atoms with Gasteiger partial charge in [0.25, 0.3) is 0 Å². The number of benzene rings is 3. The Labute approximate surface area is 183 Å². The molecule has 152 valence electrons. The van der Waals surface area contributed by atoms with Crippen LogP contribution in [0.4, 0.5) is 0 Å². The molecule has 0 bridgehead atoms. The molecule has 0 amide bonds. The van der Waals surface area contributed by atoms with Gasteiger partial charge in [-0.1, -0.05) is 58.4 Å².